The van der Waals surface area contributed by atoms with Crippen LogP contribution in [0.15, 0.2) is 11.6 Å². The number of rotatable bonds is 1. The van der Waals surface area contributed by atoms with E-state index in [4.69, 9.17) is 0 Å². The van der Waals surface area contributed by atoms with Crippen LogP contribution in [0.3, 0.4) is 0 Å². The van der Waals surface area contributed by atoms with Crippen LogP contribution >= 0.6 is 0 Å². The molecule has 0 unspecified atom stereocenters. The lowest BCUT2D eigenvalue weighted by Gasteiger charge is -2.31. The van der Waals surface area contributed by atoms with Crippen molar-refractivity contribution in [3.05, 3.63) is 11.6 Å². The highest BCUT2D eigenvalue weighted by atomic mass is 16.2. The van der Waals surface area contributed by atoms with Gasteiger partial charge >= 0.3 is 0 Å². The Hall–Kier alpha value is -0.830. The molecule has 0 aliphatic carbocycles. The van der Waals surface area contributed by atoms with E-state index in [0.29, 0.717) is 5.91 Å². The average molecular weight is 208 g/mol. The number of nitrogens with one attached hydrogen (secondary N) is 1. The van der Waals surface area contributed by atoms with Crippen molar-refractivity contribution in [2.24, 2.45) is 0 Å². The predicted molar refractivity (Wildman–Crippen MR) is 60.6 cm³/mol. The molecule has 1 atom stereocenters. The average Bonchev–Trinajstić information content (AvgIpc) is 2.30. The molecule has 0 bridgehead atoms. The van der Waals surface area contributed by atoms with Gasteiger partial charge in [-0.05, 0) is 32.7 Å². The second-order valence-electron chi connectivity index (χ2n) is 4.59. The first-order valence-electron chi connectivity index (χ1n) is 5.95. The fourth-order valence-electron chi connectivity index (χ4n) is 2.25. The maximum atomic E-state index is 12.1. The fourth-order valence-corrected chi connectivity index (χ4v) is 2.25. The molecule has 1 saturated heterocycles. The topological polar surface area (TPSA) is 32.3 Å². The van der Waals surface area contributed by atoms with E-state index in [9.17, 15) is 4.79 Å². The second-order valence-corrected chi connectivity index (χ2v) is 4.59. The third-order valence-electron chi connectivity index (χ3n) is 3.36. The molecule has 3 heteroatoms. The molecule has 2 heterocycles. The van der Waals surface area contributed by atoms with Crippen molar-refractivity contribution in [1.82, 2.24) is 10.2 Å². The van der Waals surface area contributed by atoms with Crippen LogP contribution in [0.4, 0.5) is 0 Å². The normalized spacial score (nSPS) is 27.4. The highest BCUT2D eigenvalue weighted by Crippen LogP contribution is 2.14. The van der Waals surface area contributed by atoms with Crippen molar-refractivity contribution in [3.8, 4) is 0 Å². The summed E-state index contributed by atoms with van der Waals surface area (Å²) in [6, 6.07) is 0.0885. The van der Waals surface area contributed by atoms with Crippen molar-refractivity contribution in [2.45, 2.75) is 38.6 Å². The molecule has 15 heavy (non-hydrogen) atoms. The van der Waals surface area contributed by atoms with Gasteiger partial charge in [0.15, 0.2) is 0 Å². The van der Waals surface area contributed by atoms with Gasteiger partial charge in [0.25, 0.3) is 0 Å². The van der Waals surface area contributed by atoms with Crippen LogP contribution in [0.5, 0.6) is 0 Å². The lowest BCUT2D eigenvalue weighted by atomic mass is 10.0. The smallest absolute Gasteiger partial charge is 0.239 e. The van der Waals surface area contributed by atoms with Gasteiger partial charge in [-0.25, -0.2) is 0 Å². The molecule has 2 aliphatic heterocycles. The Morgan fingerprint density at radius 1 is 1.53 bits per heavy atom. The molecule has 0 spiro atoms. The second kappa shape index (κ2) is 4.79. The number of piperidine rings is 1. The third-order valence-corrected chi connectivity index (χ3v) is 3.36. The van der Waals surface area contributed by atoms with Crippen LogP contribution in [-0.4, -0.2) is 36.5 Å². The van der Waals surface area contributed by atoms with Crippen LogP contribution in [0, 0.1) is 0 Å². The van der Waals surface area contributed by atoms with E-state index in [2.05, 4.69) is 18.3 Å². The van der Waals surface area contributed by atoms with Crippen LogP contribution in [-0.2, 0) is 4.79 Å². The first-order chi connectivity index (χ1) is 7.27. The molecule has 0 saturated carbocycles. The van der Waals surface area contributed by atoms with Gasteiger partial charge in [0.1, 0.15) is 0 Å². The minimum Gasteiger partial charge on any atom is -0.337 e. The summed E-state index contributed by atoms with van der Waals surface area (Å²) in [6.07, 6.45) is 6.62. The van der Waals surface area contributed by atoms with Gasteiger partial charge in [-0.1, -0.05) is 18.1 Å². The van der Waals surface area contributed by atoms with Crippen molar-refractivity contribution in [2.75, 3.05) is 19.6 Å². The minimum absolute atomic E-state index is 0.0885. The summed E-state index contributed by atoms with van der Waals surface area (Å²) in [4.78, 5) is 14.1. The molecular weight excluding hydrogens is 188 g/mol. The van der Waals surface area contributed by atoms with Crippen molar-refractivity contribution in [1.29, 1.82) is 0 Å². The molecule has 3 nitrogen and oxygen atoms in total. The van der Waals surface area contributed by atoms with Gasteiger partial charge in [0.2, 0.25) is 5.91 Å². The SMILES string of the molecule is CC1=CCN(C(=O)[C@H]2CCCCN2)CC1. The Morgan fingerprint density at radius 3 is 3.00 bits per heavy atom. The number of amides is 1. The molecule has 0 aromatic heterocycles. The zero-order valence-corrected chi connectivity index (χ0v) is 9.46. The third kappa shape index (κ3) is 2.59. The highest BCUT2D eigenvalue weighted by Gasteiger charge is 2.25. The van der Waals surface area contributed by atoms with Gasteiger partial charge in [-0.3, -0.25) is 4.79 Å². The molecule has 1 N–H and O–H groups in total. The minimum atomic E-state index is 0.0885. The number of carbonyl (C=O) groups is 1. The van der Waals surface area contributed by atoms with E-state index in [1.807, 2.05) is 4.90 Å². The first kappa shape index (κ1) is 10.7. The molecule has 2 rings (SSSR count). The molecular formula is C12H20N2O. The maximum Gasteiger partial charge on any atom is 0.239 e. The molecule has 0 aromatic carbocycles. The van der Waals surface area contributed by atoms with Gasteiger partial charge in [-0.15, -0.1) is 0 Å². The van der Waals surface area contributed by atoms with E-state index in [0.717, 1.165) is 32.5 Å². The number of hydrogen-bond acceptors (Lipinski definition) is 2. The van der Waals surface area contributed by atoms with Gasteiger partial charge in [-0.2, -0.15) is 0 Å². The summed E-state index contributed by atoms with van der Waals surface area (Å²) in [7, 11) is 0. The molecule has 1 amide bonds. The summed E-state index contributed by atoms with van der Waals surface area (Å²) in [5.41, 5.74) is 1.41. The summed E-state index contributed by atoms with van der Waals surface area (Å²) >= 11 is 0. The van der Waals surface area contributed by atoms with E-state index >= 15 is 0 Å². The lowest BCUT2D eigenvalue weighted by molar-refractivity contribution is -0.133. The summed E-state index contributed by atoms with van der Waals surface area (Å²) in [5, 5.41) is 3.32. The van der Waals surface area contributed by atoms with E-state index in [1.165, 1.54) is 18.4 Å². The van der Waals surface area contributed by atoms with Gasteiger partial charge in [0.05, 0.1) is 6.04 Å². The largest absolute Gasteiger partial charge is 0.337 e. The summed E-state index contributed by atoms with van der Waals surface area (Å²) < 4.78 is 0. The fraction of sp³-hybridized carbons (Fsp3) is 0.750. The summed E-state index contributed by atoms with van der Waals surface area (Å²) in [6.45, 7) is 4.85. The molecule has 2 aliphatic rings. The van der Waals surface area contributed by atoms with Crippen LogP contribution in [0.25, 0.3) is 0 Å². The van der Waals surface area contributed by atoms with E-state index in [-0.39, 0.29) is 6.04 Å². The summed E-state index contributed by atoms with van der Waals surface area (Å²) in [5.74, 6) is 0.304. The van der Waals surface area contributed by atoms with Crippen molar-refractivity contribution < 1.29 is 4.79 Å². The Balaban J connectivity index is 1.90. The highest BCUT2D eigenvalue weighted by molar-refractivity contribution is 5.82. The van der Waals surface area contributed by atoms with Crippen molar-refractivity contribution >= 4 is 5.91 Å². The number of nitrogens with zero attached hydrogens (tertiary/aromatic N) is 1. The van der Waals surface area contributed by atoms with Gasteiger partial charge in [0, 0.05) is 13.1 Å². The Kier molecular flexibility index (Phi) is 3.41. The molecule has 1 fully saturated rings. The Labute approximate surface area is 91.5 Å². The van der Waals surface area contributed by atoms with E-state index < -0.39 is 0 Å². The monoisotopic (exact) mass is 208 g/mol. The molecule has 0 aromatic rings. The predicted octanol–water partition coefficient (Wildman–Crippen LogP) is 1.31. The van der Waals surface area contributed by atoms with Crippen LogP contribution in [0.1, 0.15) is 32.6 Å². The zero-order chi connectivity index (χ0) is 10.7. The van der Waals surface area contributed by atoms with Crippen molar-refractivity contribution in [3.63, 3.8) is 0 Å². The van der Waals surface area contributed by atoms with Crippen LogP contribution < -0.4 is 5.32 Å². The maximum absolute atomic E-state index is 12.1. The van der Waals surface area contributed by atoms with Crippen LogP contribution in [0.2, 0.25) is 0 Å². The first-order valence-corrected chi connectivity index (χ1v) is 5.95. The molecule has 0 radical (unpaired) electrons. The Bertz CT molecular complexity index is 267. The quantitative estimate of drug-likeness (QED) is 0.659. The number of hydrogen-bond donors (Lipinski definition) is 1. The molecule has 84 valence electrons. The standard InChI is InChI=1S/C12H20N2O/c1-10-5-8-14(9-6-10)12(15)11-4-2-3-7-13-11/h5,11,13H,2-4,6-9H2,1H3/t11-/m1/s1. The van der Waals surface area contributed by atoms with E-state index in [1.54, 1.807) is 0 Å². The zero-order valence-electron chi connectivity index (χ0n) is 9.46. The number of carbonyl (C=O) groups excluding carboxylic acids is 1. The Morgan fingerprint density at radius 2 is 2.40 bits per heavy atom. The lowest BCUT2D eigenvalue weighted by Crippen LogP contribution is -2.49. The van der Waals surface area contributed by atoms with Gasteiger partial charge < -0.3 is 10.2 Å².